The van der Waals surface area contributed by atoms with Crippen molar-refractivity contribution in [2.75, 3.05) is 51.7 Å². The van der Waals surface area contributed by atoms with Crippen molar-refractivity contribution in [3.8, 4) is 0 Å². The highest BCUT2D eigenvalue weighted by atomic mass is 35.5. The number of benzene rings is 1. The summed E-state index contributed by atoms with van der Waals surface area (Å²) in [7, 11) is 4.05. The maximum absolute atomic E-state index is 6.37. The molecule has 1 aliphatic heterocycles. The fourth-order valence-corrected chi connectivity index (χ4v) is 3.42. The van der Waals surface area contributed by atoms with Crippen molar-refractivity contribution in [1.29, 1.82) is 0 Å². The van der Waals surface area contributed by atoms with E-state index in [0.717, 1.165) is 42.7 Å². The molecule has 2 heterocycles. The van der Waals surface area contributed by atoms with E-state index in [2.05, 4.69) is 29.7 Å². The van der Waals surface area contributed by atoms with E-state index in [4.69, 9.17) is 17.3 Å². The van der Waals surface area contributed by atoms with Crippen molar-refractivity contribution in [3.63, 3.8) is 0 Å². The highest BCUT2D eigenvalue weighted by molar-refractivity contribution is 6.31. The van der Waals surface area contributed by atoms with Gasteiger partial charge < -0.3 is 20.4 Å². The minimum atomic E-state index is 0.0799. The van der Waals surface area contributed by atoms with Gasteiger partial charge in [-0.15, -0.1) is 0 Å². The number of nitrogens with zero attached hydrogens (tertiary/aromatic N) is 6. The zero-order chi connectivity index (χ0) is 19.2. The molecule has 3 rings (SSSR count). The summed E-state index contributed by atoms with van der Waals surface area (Å²) in [6.45, 7) is 3.80. The first-order valence-corrected chi connectivity index (χ1v) is 9.41. The number of piperazine rings is 1. The Morgan fingerprint density at radius 2 is 1.81 bits per heavy atom. The molecule has 1 fully saturated rings. The molecule has 27 heavy (non-hydrogen) atoms. The zero-order valence-electron chi connectivity index (χ0n) is 15.8. The molecule has 2 aromatic rings. The summed E-state index contributed by atoms with van der Waals surface area (Å²) in [5.74, 6) is 1.33. The van der Waals surface area contributed by atoms with Gasteiger partial charge in [0.05, 0.1) is 12.6 Å². The van der Waals surface area contributed by atoms with E-state index in [0.29, 0.717) is 12.5 Å². The van der Waals surface area contributed by atoms with E-state index < -0.39 is 0 Å². The molecule has 0 spiro atoms. The summed E-state index contributed by atoms with van der Waals surface area (Å²) in [5, 5.41) is 0.751. The highest BCUT2D eigenvalue weighted by Crippen LogP contribution is 2.26. The summed E-state index contributed by atoms with van der Waals surface area (Å²) in [6.07, 6.45) is 3.53. The molecule has 144 valence electrons. The molecule has 1 unspecified atom stereocenters. The molecular formula is C19H26ClN7. The second-order valence-electron chi connectivity index (χ2n) is 6.72. The summed E-state index contributed by atoms with van der Waals surface area (Å²) < 4.78 is 0. The third-order valence-corrected chi connectivity index (χ3v) is 5.10. The van der Waals surface area contributed by atoms with Crippen molar-refractivity contribution in [2.24, 2.45) is 10.7 Å². The number of likely N-dealkylation sites (N-methyl/N-ethyl adjacent to an activating group) is 1. The van der Waals surface area contributed by atoms with Gasteiger partial charge in [0.1, 0.15) is 0 Å². The summed E-state index contributed by atoms with van der Waals surface area (Å²) in [4.78, 5) is 19.7. The van der Waals surface area contributed by atoms with Gasteiger partial charge >= 0.3 is 0 Å². The first-order chi connectivity index (χ1) is 13.1. The Kier molecular flexibility index (Phi) is 6.47. The lowest BCUT2D eigenvalue weighted by atomic mass is 10.1. The Morgan fingerprint density at radius 3 is 2.44 bits per heavy atom. The molecule has 1 aliphatic rings. The average Bonchev–Trinajstić information content (AvgIpc) is 2.70. The number of rotatable bonds is 5. The highest BCUT2D eigenvalue weighted by Gasteiger charge is 2.21. The Bertz CT molecular complexity index is 758. The van der Waals surface area contributed by atoms with Crippen LogP contribution in [0.2, 0.25) is 5.02 Å². The molecule has 0 aliphatic carbocycles. The normalized spacial score (nSPS) is 16.7. The lowest BCUT2D eigenvalue weighted by Gasteiger charge is -2.35. The van der Waals surface area contributed by atoms with Gasteiger partial charge in [-0.1, -0.05) is 29.8 Å². The van der Waals surface area contributed by atoms with E-state index in [-0.39, 0.29) is 6.04 Å². The van der Waals surface area contributed by atoms with Crippen molar-refractivity contribution >= 4 is 23.5 Å². The maximum atomic E-state index is 6.37. The quantitative estimate of drug-likeness (QED) is 0.623. The molecule has 8 heteroatoms. The van der Waals surface area contributed by atoms with Gasteiger partial charge in [-0.2, -0.15) is 0 Å². The van der Waals surface area contributed by atoms with Crippen LogP contribution in [0.1, 0.15) is 11.6 Å². The van der Waals surface area contributed by atoms with E-state index >= 15 is 0 Å². The number of halogens is 1. The van der Waals surface area contributed by atoms with Crippen LogP contribution in [0.4, 0.5) is 5.95 Å². The number of guanidine groups is 1. The first-order valence-electron chi connectivity index (χ1n) is 9.04. The van der Waals surface area contributed by atoms with Crippen LogP contribution in [0.5, 0.6) is 0 Å². The van der Waals surface area contributed by atoms with Crippen LogP contribution in [0, 0.1) is 0 Å². The lowest BCUT2D eigenvalue weighted by Crippen LogP contribution is -2.51. The van der Waals surface area contributed by atoms with Crippen molar-refractivity contribution in [2.45, 2.75) is 6.04 Å². The van der Waals surface area contributed by atoms with Crippen molar-refractivity contribution in [1.82, 2.24) is 19.8 Å². The van der Waals surface area contributed by atoms with Gasteiger partial charge in [0.15, 0.2) is 5.96 Å². The number of hydrogen-bond acceptors (Lipinski definition) is 5. The van der Waals surface area contributed by atoms with Gasteiger partial charge in [-0.3, -0.25) is 4.99 Å². The molecule has 1 saturated heterocycles. The van der Waals surface area contributed by atoms with Crippen molar-refractivity contribution < 1.29 is 0 Å². The summed E-state index contributed by atoms with van der Waals surface area (Å²) in [5.41, 5.74) is 7.33. The SMILES string of the molecule is CN(C)C(CN=C(N)N1CCN(c2ncccn2)CC1)c1ccccc1Cl. The lowest BCUT2D eigenvalue weighted by molar-refractivity contribution is 0.304. The maximum Gasteiger partial charge on any atom is 0.225 e. The molecule has 1 atom stereocenters. The number of hydrogen-bond donors (Lipinski definition) is 1. The van der Waals surface area contributed by atoms with E-state index in [1.165, 1.54) is 0 Å². The zero-order valence-corrected chi connectivity index (χ0v) is 16.5. The van der Waals surface area contributed by atoms with Gasteiger partial charge in [0.2, 0.25) is 5.95 Å². The largest absolute Gasteiger partial charge is 0.370 e. The van der Waals surface area contributed by atoms with Crippen LogP contribution >= 0.6 is 11.6 Å². The van der Waals surface area contributed by atoms with E-state index in [1.807, 2.05) is 44.4 Å². The van der Waals surface area contributed by atoms with E-state index in [9.17, 15) is 0 Å². The molecule has 0 saturated carbocycles. The monoisotopic (exact) mass is 387 g/mol. The molecular weight excluding hydrogens is 362 g/mol. The standard InChI is InChI=1S/C19H26ClN7/c1-25(2)17(15-6-3-4-7-16(15)20)14-24-18(21)26-10-12-27(13-11-26)19-22-8-5-9-23-19/h3-9,17H,10-14H2,1-2H3,(H2,21,24). The third kappa shape index (κ3) is 4.87. The number of anilines is 1. The van der Waals surface area contributed by atoms with Gasteiger partial charge in [0, 0.05) is 43.6 Å². The number of nitrogens with two attached hydrogens (primary N) is 1. The van der Waals surface area contributed by atoms with Crippen LogP contribution in [0.3, 0.4) is 0 Å². The first kappa shape index (κ1) is 19.4. The smallest absolute Gasteiger partial charge is 0.225 e. The molecule has 0 bridgehead atoms. The molecule has 2 N–H and O–H groups in total. The van der Waals surface area contributed by atoms with Gasteiger partial charge in [-0.25, -0.2) is 9.97 Å². The van der Waals surface area contributed by atoms with Crippen LogP contribution in [-0.4, -0.2) is 72.5 Å². The van der Waals surface area contributed by atoms with Gasteiger partial charge in [-0.05, 0) is 31.8 Å². The molecule has 1 aromatic carbocycles. The Morgan fingerprint density at radius 1 is 1.15 bits per heavy atom. The topological polar surface area (TPSA) is 73.9 Å². The molecule has 1 aromatic heterocycles. The fraction of sp³-hybridized carbons (Fsp3) is 0.421. The minimum absolute atomic E-state index is 0.0799. The van der Waals surface area contributed by atoms with Crippen molar-refractivity contribution in [3.05, 3.63) is 53.3 Å². The third-order valence-electron chi connectivity index (χ3n) is 4.75. The second kappa shape index (κ2) is 9.01. The minimum Gasteiger partial charge on any atom is -0.370 e. The fourth-order valence-electron chi connectivity index (χ4n) is 3.16. The van der Waals surface area contributed by atoms with Crippen LogP contribution in [0.15, 0.2) is 47.7 Å². The summed E-state index contributed by atoms with van der Waals surface area (Å²) in [6, 6.07) is 9.78. The van der Waals surface area contributed by atoms with Gasteiger partial charge in [0.25, 0.3) is 0 Å². The van der Waals surface area contributed by atoms with Crippen LogP contribution in [-0.2, 0) is 0 Å². The number of aliphatic imine (C=N–C) groups is 1. The average molecular weight is 388 g/mol. The Hall–Kier alpha value is -2.38. The predicted molar refractivity (Wildman–Crippen MR) is 110 cm³/mol. The molecule has 7 nitrogen and oxygen atoms in total. The second-order valence-corrected chi connectivity index (χ2v) is 7.13. The number of aromatic nitrogens is 2. The Labute approximate surface area is 165 Å². The Balaban J connectivity index is 1.61. The van der Waals surface area contributed by atoms with E-state index in [1.54, 1.807) is 12.4 Å². The summed E-state index contributed by atoms with van der Waals surface area (Å²) >= 11 is 6.37. The van der Waals surface area contributed by atoms with Crippen LogP contribution in [0.25, 0.3) is 0 Å². The molecule has 0 amide bonds. The van der Waals surface area contributed by atoms with Crippen LogP contribution < -0.4 is 10.6 Å². The predicted octanol–water partition coefficient (Wildman–Crippen LogP) is 1.87. The molecule has 0 radical (unpaired) electrons.